The van der Waals surface area contributed by atoms with Gasteiger partial charge in [0.2, 0.25) is 11.8 Å². The number of furan rings is 1. The van der Waals surface area contributed by atoms with Gasteiger partial charge in [-0.25, -0.2) is 0 Å². The third-order valence-electron chi connectivity index (χ3n) is 5.10. The first-order chi connectivity index (χ1) is 13.9. The molecule has 0 atom stereocenters. The summed E-state index contributed by atoms with van der Waals surface area (Å²) >= 11 is 0. The minimum absolute atomic E-state index is 0.00675. The zero-order valence-electron chi connectivity index (χ0n) is 16.8. The first kappa shape index (κ1) is 20.6. The zero-order chi connectivity index (χ0) is 20.8. The number of rotatable bonds is 6. The number of carbonyl (C=O) groups is 3. The molecule has 154 valence electrons. The Morgan fingerprint density at radius 1 is 1.10 bits per heavy atom. The molecule has 2 heterocycles. The van der Waals surface area contributed by atoms with Gasteiger partial charge in [0, 0.05) is 37.2 Å². The van der Waals surface area contributed by atoms with E-state index in [1.165, 1.54) is 6.26 Å². The third kappa shape index (κ3) is 5.47. The summed E-state index contributed by atoms with van der Waals surface area (Å²) in [5.74, 6) is 0.0182. The minimum Gasteiger partial charge on any atom is -0.459 e. The van der Waals surface area contributed by atoms with Crippen molar-refractivity contribution in [2.75, 3.05) is 18.4 Å². The average molecular weight is 397 g/mol. The Morgan fingerprint density at radius 2 is 1.79 bits per heavy atom. The van der Waals surface area contributed by atoms with Crippen LogP contribution in [0.5, 0.6) is 0 Å². The van der Waals surface area contributed by atoms with Crippen molar-refractivity contribution in [3.8, 4) is 0 Å². The van der Waals surface area contributed by atoms with E-state index in [1.807, 2.05) is 38.1 Å². The van der Waals surface area contributed by atoms with Gasteiger partial charge < -0.3 is 20.0 Å². The van der Waals surface area contributed by atoms with Crippen LogP contribution in [0.4, 0.5) is 5.69 Å². The maximum atomic E-state index is 12.5. The predicted octanol–water partition coefficient (Wildman–Crippen LogP) is 3.04. The summed E-state index contributed by atoms with van der Waals surface area (Å²) in [6, 6.07) is 10.8. The highest BCUT2D eigenvalue weighted by atomic mass is 16.3. The molecule has 1 aliphatic heterocycles. The minimum atomic E-state index is -0.126. The summed E-state index contributed by atoms with van der Waals surface area (Å²) in [5, 5.41) is 5.81. The SMILES string of the molecule is CC(C)C(=O)Nc1ccc(CNC(=O)C2CCN(C(=O)c3ccco3)CC2)cc1. The Labute approximate surface area is 170 Å². The van der Waals surface area contributed by atoms with Crippen molar-refractivity contribution in [3.05, 3.63) is 54.0 Å². The van der Waals surface area contributed by atoms with Crippen LogP contribution in [-0.2, 0) is 16.1 Å². The van der Waals surface area contributed by atoms with Crippen molar-refractivity contribution in [1.82, 2.24) is 10.2 Å². The number of benzene rings is 1. The molecule has 0 aliphatic carbocycles. The molecule has 2 aromatic rings. The van der Waals surface area contributed by atoms with Gasteiger partial charge in [0.05, 0.1) is 6.26 Å². The number of nitrogens with zero attached hydrogens (tertiary/aromatic N) is 1. The van der Waals surface area contributed by atoms with Gasteiger partial charge in [0.1, 0.15) is 0 Å². The van der Waals surface area contributed by atoms with Crippen molar-refractivity contribution in [2.45, 2.75) is 33.2 Å². The average Bonchev–Trinajstić information content (AvgIpc) is 3.27. The standard InChI is InChI=1S/C22H27N3O4/c1-15(2)20(26)24-18-7-5-16(6-8-18)14-23-21(27)17-9-11-25(12-10-17)22(28)19-4-3-13-29-19/h3-8,13,15,17H,9-12,14H2,1-2H3,(H,23,27)(H,24,26). The molecule has 1 saturated heterocycles. The van der Waals surface area contributed by atoms with Gasteiger partial charge in [-0.05, 0) is 42.7 Å². The molecule has 1 aliphatic rings. The molecule has 0 bridgehead atoms. The van der Waals surface area contributed by atoms with Crippen LogP contribution in [0.2, 0.25) is 0 Å². The van der Waals surface area contributed by atoms with E-state index in [4.69, 9.17) is 4.42 Å². The molecule has 0 radical (unpaired) electrons. The Morgan fingerprint density at radius 3 is 2.38 bits per heavy atom. The number of anilines is 1. The van der Waals surface area contributed by atoms with Crippen LogP contribution in [0, 0.1) is 11.8 Å². The van der Waals surface area contributed by atoms with E-state index in [9.17, 15) is 14.4 Å². The van der Waals surface area contributed by atoms with Gasteiger partial charge in [-0.2, -0.15) is 0 Å². The molecule has 0 saturated carbocycles. The fourth-order valence-electron chi connectivity index (χ4n) is 3.23. The van der Waals surface area contributed by atoms with E-state index in [0.29, 0.717) is 38.2 Å². The van der Waals surface area contributed by atoms with Gasteiger partial charge in [0.15, 0.2) is 5.76 Å². The molecule has 7 heteroatoms. The fraction of sp³-hybridized carbons (Fsp3) is 0.409. The third-order valence-corrected chi connectivity index (χ3v) is 5.10. The van der Waals surface area contributed by atoms with E-state index in [2.05, 4.69) is 10.6 Å². The quantitative estimate of drug-likeness (QED) is 0.784. The van der Waals surface area contributed by atoms with E-state index < -0.39 is 0 Å². The van der Waals surface area contributed by atoms with Crippen molar-refractivity contribution in [3.63, 3.8) is 0 Å². The highest BCUT2D eigenvalue weighted by Gasteiger charge is 2.28. The molecule has 3 amide bonds. The summed E-state index contributed by atoms with van der Waals surface area (Å²) in [7, 11) is 0. The van der Waals surface area contributed by atoms with Crippen LogP contribution < -0.4 is 10.6 Å². The molecule has 1 aromatic carbocycles. The number of amides is 3. The lowest BCUT2D eigenvalue weighted by Gasteiger charge is -2.30. The van der Waals surface area contributed by atoms with Gasteiger partial charge >= 0.3 is 0 Å². The summed E-state index contributed by atoms with van der Waals surface area (Å²) in [4.78, 5) is 38.2. The van der Waals surface area contributed by atoms with Crippen LogP contribution in [-0.4, -0.2) is 35.7 Å². The van der Waals surface area contributed by atoms with E-state index >= 15 is 0 Å². The molecular formula is C22H27N3O4. The van der Waals surface area contributed by atoms with Crippen LogP contribution in [0.1, 0.15) is 42.8 Å². The lowest BCUT2D eigenvalue weighted by Crippen LogP contribution is -2.42. The number of hydrogen-bond acceptors (Lipinski definition) is 4. The summed E-state index contributed by atoms with van der Waals surface area (Å²) in [6.45, 7) is 5.21. The Bertz CT molecular complexity index is 835. The Balaban J connectivity index is 1.43. The lowest BCUT2D eigenvalue weighted by molar-refractivity contribution is -0.126. The molecule has 29 heavy (non-hydrogen) atoms. The molecule has 3 rings (SSSR count). The van der Waals surface area contributed by atoms with Gasteiger partial charge in [-0.1, -0.05) is 26.0 Å². The number of nitrogens with one attached hydrogen (secondary N) is 2. The van der Waals surface area contributed by atoms with E-state index in [-0.39, 0.29) is 29.6 Å². The topological polar surface area (TPSA) is 91.7 Å². The molecular weight excluding hydrogens is 370 g/mol. The molecule has 0 unspecified atom stereocenters. The van der Waals surface area contributed by atoms with Gasteiger partial charge in [-0.3, -0.25) is 14.4 Å². The Kier molecular flexibility index (Phi) is 6.69. The number of piperidine rings is 1. The van der Waals surface area contributed by atoms with Crippen molar-refractivity contribution in [2.24, 2.45) is 11.8 Å². The number of hydrogen-bond donors (Lipinski definition) is 2. The summed E-state index contributed by atoms with van der Waals surface area (Å²) in [6.07, 6.45) is 2.76. The summed E-state index contributed by atoms with van der Waals surface area (Å²) in [5.41, 5.74) is 1.71. The monoisotopic (exact) mass is 397 g/mol. The van der Waals surface area contributed by atoms with Crippen LogP contribution >= 0.6 is 0 Å². The second-order valence-corrected chi connectivity index (χ2v) is 7.60. The van der Waals surface area contributed by atoms with Gasteiger partial charge in [0.25, 0.3) is 5.91 Å². The van der Waals surface area contributed by atoms with Crippen molar-refractivity contribution < 1.29 is 18.8 Å². The largest absolute Gasteiger partial charge is 0.459 e. The highest BCUT2D eigenvalue weighted by molar-refractivity contribution is 5.92. The normalized spacial score (nSPS) is 14.7. The zero-order valence-corrected chi connectivity index (χ0v) is 16.8. The van der Waals surface area contributed by atoms with Crippen LogP contribution in [0.3, 0.4) is 0 Å². The van der Waals surface area contributed by atoms with Crippen molar-refractivity contribution >= 4 is 23.4 Å². The first-order valence-corrected chi connectivity index (χ1v) is 9.94. The Hall–Kier alpha value is -3.09. The second-order valence-electron chi connectivity index (χ2n) is 7.60. The lowest BCUT2D eigenvalue weighted by atomic mass is 9.95. The van der Waals surface area contributed by atoms with Crippen molar-refractivity contribution in [1.29, 1.82) is 0 Å². The molecule has 0 spiro atoms. The number of likely N-dealkylation sites (tertiary alicyclic amines) is 1. The maximum Gasteiger partial charge on any atom is 0.289 e. The molecule has 2 N–H and O–H groups in total. The van der Waals surface area contributed by atoms with E-state index in [0.717, 1.165) is 11.3 Å². The number of carbonyl (C=O) groups excluding carboxylic acids is 3. The smallest absolute Gasteiger partial charge is 0.289 e. The first-order valence-electron chi connectivity index (χ1n) is 9.94. The fourth-order valence-corrected chi connectivity index (χ4v) is 3.23. The van der Waals surface area contributed by atoms with E-state index in [1.54, 1.807) is 17.0 Å². The molecule has 1 aromatic heterocycles. The highest BCUT2D eigenvalue weighted by Crippen LogP contribution is 2.20. The predicted molar refractivity (Wildman–Crippen MR) is 109 cm³/mol. The molecule has 7 nitrogen and oxygen atoms in total. The second kappa shape index (κ2) is 9.41. The van der Waals surface area contributed by atoms with Crippen LogP contribution in [0.15, 0.2) is 47.1 Å². The van der Waals surface area contributed by atoms with Gasteiger partial charge in [-0.15, -0.1) is 0 Å². The molecule has 1 fully saturated rings. The summed E-state index contributed by atoms with van der Waals surface area (Å²) < 4.78 is 5.16. The maximum absolute atomic E-state index is 12.5. The van der Waals surface area contributed by atoms with Crippen LogP contribution in [0.25, 0.3) is 0 Å².